The number of benzene rings is 1. The van der Waals surface area contributed by atoms with E-state index in [0.717, 1.165) is 36.3 Å². The first kappa shape index (κ1) is 12.0. The summed E-state index contributed by atoms with van der Waals surface area (Å²) in [5, 5.41) is 0. The second-order valence-corrected chi connectivity index (χ2v) is 5.20. The highest BCUT2D eigenvalue weighted by Crippen LogP contribution is 2.19. The maximum Gasteiger partial charge on any atom is 0.421 e. The van der Waals surface area contributed by atoms with Crippen LogP contribution in [0.15, 0.2) is 31.9 Å². The second-order valence-electron chi connectivity index (χ2n) is 4.28. The smallest absolute Gasteiger partial charge is 0.408 e. The lowest BCUT2D eigenvalue weighted by atomic mass is 10.3. The van der Waals surface area contributed by atoms with Gasteiger partial charge in [-0.15, -0.1) is 0 Å². The van der Waals surface area contributed by atoms with Crippen molar-refractivity contribution in [3.8, 4) is 0 Å². The summed E-state index contributed by atoms with van der Waals surface area (Å²) in [7, 11) is 0. The van der Waals surface area contributed by atoms with Crippen molar-refractivity contribution in [2.24, 2.45) is 0 Å². The third-order valence-corrected chi connectivity index (χ3v) is 3.57. The molecule has 1 saturated heterocycles. The number of morpholine rings is 1. The fourth-order valence-electron chi connectivity index (χ4n) is 2.12. The molecule has 0 aliphatic carbocycles. The van der Waals surface area contributed by atoms with Crippen molar-refractivity contribution in [3.05, 3.63) is 33.2 Å². The molecule has 6 heteroatoms. The predicted octanol–water partition coefficient (Wildman–Crippen LogP) is 1.65. The van der Waals surface area contributed by atoms with Gasteiger partial charge in [-0.2, -0.15) is 0 Å². The molecule has 96 valence electrons. The second kappa shape index (κ2) is 4.87. The summed E-state index contributed by atoms with van der Waals surface area (Å²) in [5.41, 5.74) is 1.44. The number of hydrogen-bond acceptors (Lipinski definition) is 4. The summed E-state index contributed by atoms with van der Waals surface area (Å²) in [6.07, 6.45) is 0. The summed E-state index contributed by atoms with van der Waals surface area (Å²) in [6, 6.07) is 5.62. The van der Waals surface area contributed by atoms with Gasteiger partial charge in [-0.3, -0.25) is 9.47 Å². The van der Waals surface area contributed by atoms with E-state index < -0.39 is 0 Å². The number of aromatic nitrogens is 1. The summed E-state index contributed by atoms with van der Waals surface area (Å²) in [5.74, 6) is -0.311. The Morgan fingerprint density at radius 3 is 2.83 bits per heavy atom. The highest BCUT2D eigenvalue weighted by Gasteiger charge is 2.15. The standard InChI is InChI=1S/C12H13BrN2O3/c13-9-1-2-10-11(7-9)18-12(16)15(10)8-14-3-5-17-6-4-14/h1-2,7H,3-6,8H2. The van der Waals surface area contributed by atoms with Gasteiger partial charge in [0.15, 0.2) is 5.58 Å². The summed E-state index contributed by atoms with van der Waals surface area (Å²) >= 11 is 3.37. The molecule has 2 aromatic rings. The number of ether oxygens (including phenoxy) is 1. The lowest BCUT2D eigenvalue weighted by Gasteiger charge is -2.26. The van der Waals surface area contributed by atoms with Crippen molar-refractivity contribution in [1.82, 2.24) is 9.47 Å². The van der Waals surface area contributed by atoms with Crippen molar-refractivity contribution in [2.75, 3.05) is 26.3 Å². The minimum Gasteiger partial charge on any atom is -0.408 e. The normalized spacial score (nSPS) is 17.4. The average Bonchev–Trinajstić information content (AvgIpc) is 2.66. The number of rotatable bonds is 2. The molecule has 0 bridgehead atoms. The van der Waals surface area contributed by atoms with E-state index >= 15 is 0 Å². The molecule has 0 saturated carbocycles. The molecule has 18 heavy (non-hydrogen) atoms. The number of halogens is 1. The maximum atomic E-state index is 11.8. The molecule has 0 unspecified atom stereocenters. The summed E-state index contributed by atoms with van der Waals surface area (Å²) in [4.78, 5) is 14.0. The van der Waals surface area contributed by atoms with E-state index in [4.69, 9.17) is 9.15 Å². The Morgan fingerprint density at radius 1 is 1.28 bits per heavy atom. The molecule has 0 atom stereocenters. The first-order valence-corrected chi connectivity index (χ1v) is 6.62. The summed E-state index contributed by atoms with van der Waals surface area (Å²) in [6.45, 7) is 3.67. The van der Waals surface area contributed by atoms with Crippen LogP contribution in [-0.4, -0.2) is 35.8 Å². The fourth-order valence-corrected chi connectivity index (χ4v) is 2.46. The number of nitrogens with zero attached hydrogens (tertiary/aromatic N) is 2. The molecule has 1 aromatic carbocycles. The van der Waals surface area contributed by atoms with Crippen LogP contribution < -0.4 is 5.76 Å². The van der Waals surface area contributed by atoms with Gasteiger partial charge < -0.3 is 9.15 Å². The first-order chi connectivity index (χ1) is 8.74. The van der Waals surface area contributed by atoms with Crippen molar-refractivity contribution < 1.29 is 9.15 Å². The lowest BCUT2D eigenvalue weighted by Crippen LogP contribution is -2.39. The van der Waals surface area contributed by atoms with Gasteiger partial charge in [-0.25, -0.2) is 4.79 Å². The minimum absolute atomic E-state index is 0.311. The van der Waals surface area contributed by atoms with Crippen LogP contribution in [0.5, 0.6) is 0 Å². The minimum atomic E-state index is -0.311. The van der Waals surface area contributed by atoms with Crippen molar-refractivity contribution in [1.29, 1.82) is 0 Å². The van der Waals surface area contributed by atoms with Gasteiger partial charge in [0.25, 0.3) is 0 Å². The van der Waals surface area contributed by atoms with Crippen LogP contribution in [-0.2, 0) is 11.4 Å². The van der Waals surface area contributed by atoms with Crippen LogP contribution in [0, 0.1) is 0 Å². The highest BCUT2D eigenvalue weighted by molar-refractivity contribution is 9.10. The van der Waals surface area contributed by atoms with E-state index in [1.165, 1.54) is 0 Å². The topological polar surface area (TPSA) is 47.6 Å². The van der Waals surface area contributed by atoms with E-state index in [1.54, 1.807) is 4.57 Å². The highest BCUT2D eigenvalue weighted by atomic mass is 79.9. The third kappa shape index (κ3) is 2.23. The number of fused-ring (bicyclic) bond motifs is 1. The van der Waals surface area contributed by atoms with Crippen LogP contribution in [0.2, 0.25) is 0 Å². The van der Waals surface area contributed by atoms with E-state index in [9.17, 15) is 4.79 Å². The molecule has 1 aliphatic rings. The number of hydrogen-bond donors (Lipinski definition) is 0. The zero-order valence-electron chi connectivity index (χ0n) is 9.76. The third-order valence-electron chi connectivity index (χ3n) is 3.08. The molecule has 0 spiro atoms. The van der Waals surface area contributed by atoms with Gasteiger partial charge in [0.1, 0.15) is 0 Å². The van der Waals surface area contributed by atoms with Crippen molar-refractivity contribution in [2.45, 2.75) is 6.67 Å². The first-order valence-electron chi connectivity index (χ1n) is 5.83. The average molecular weight is 313 g/mol. The zero-order chi connectivity index (χ0) is 12.5. The van der Waals surface area contributed by atoms with Gasteiger partial charge in [0.05, 0.1) is 25.4 Å². The fraction of sp³-hybridized carbons (Fsp3) is 0.417. The van der Waals surface area contributed by atoms with Crippen LogP contribution in [0.4, 0.5) is 0 Å². The Bertz CT molecular complexity index is 613. The number of oxazole rings is 1. The molecular formula is C12H13BrN2O3. The molecule has 0 N–H and O–H groups in total. The maximum absolute atomic E-state index is 11.8. The summed E-state index contributed by atoms with van der Waals surface area (Å²) < 4.78 is 13.1. The van der Waals surface area contributed by atoms with Crippen LogP contribution in [0.3, 0.4) is 0 Å². The van der Waals surface area contributed by atoms with Gasteiger partial charge >= 0.3 is 5.76 Å². The molecule has 2 heterocycles. The Kier molecular flexibility index (Phi) is 3.23. The Labute approximate surface area is 112 Å². The van der Waals surface area contributed by atoms with Crippen LogP contribution in [0.25, 0.3) is 11.1 Å². The lowest BCUT2D eigenvalue weighted by molar-refractivity contribution is 0.0230. The predicted molar refractivity (Wildman–Crippen MR) is 70.6 cm³/mol. The Balaban J connectivity index is 1.95. The van der Waals surface area contributed by atoms with E-state index in [1.807, 2.05) is 18.2 Å². The van der Waals surface area contributed by atoms with Gasteiger partial charge in [0, 0.05) is 17.6 Å². The molecular weight excluding hydrogens is 300 g/mol. The largest absolute Gasteiger partial charge is 0.421 e. The molecule has 3 rings (SSSR count). The monoisotopic (exact) mass is 312 g/mol. The SMILES string of the molecule is O=c1oc2cc(Br)ccc2n1CN1CCOCC1. The van der Waals surface area contributed by atoms with Gasteiger partial charge in [0.2, 0.25) is 0 Å². The van der Waals surface area contributed by atoms with Gasteiger partial charge in [-0.05, 0) is 18.2 Å². The van der Waals surface area contributed by atoms with E-state index in [-0.39, 0.29) is 5.76 Å². The van der Waals surface area contributed by atoms with E-state index in [0.29, 0.717) is 12.3 Å². The molecule has 0 amide bonds. The Morgan fingerprint density at radius 2 is 2.06 bits per heavy atom. The van der Waals surface area contributed by atoms with Crippen LogP contribution >= 0.6 is 15.9 Å². The molecule has 5 nitrogen and oxygen atoms in total. The quantitative estimate of drug-likeness (QED) is 0.846. The van der Waals surface area contributed by atoms with Crippen LogP contribution in [0.1, 0.15) is 0 Å². The van der Waals surface area contributed by atoms with Crippen molar-refractivity contribution >= 4 is 27.0 Å². The Hall–Kier alpha value is -1.11. The van der Waals surface area contributed by atoms with E-state index in [2.05, 4.69) is 20.8 Å². The molecule has 0 radical (unpaired) electrons. The molecule has 1 aromatic heterocycles. The zero-order valence-corrected chi connectivity index (χ0v) is 11.4. The van der Waals surface area contributed by atoms with Gasteiger partial charge in [-0.1, -0.05) is 15.9 Å². The molecule has 1 aliphatic heterocycles. The van der Waals surface area contributed by atoms with Crippen molar-refractivity contribution in [3.63, 3.8) is 0 Å². The molecule has 1 fully saturated rings.